The molecule has 0 spiro atoms. The van der Waals surface area contributed by atoms with Gasteiger partial charge in [0, 0.05) is 18.2 Å². The molecule has 3 N–H and O–H groups in total. The van der Waals surface area contributed by atoms with Gasteiger partial charge >= 0.3 is 5.97 Å². The van der Waals surface area contributed by atoms with Gasteiger partial charge in [0.25, 0.3) is 0 Å². The van der Waals surface area contributed by atoms with E-state index >= 15 is 0 Å². The number of carbonyl (C=O) groups is 1. The molecule has 0 aromatic heterocycles. The van der Waals surface area contributed by atoms with Gasteiger partial charge in [0.1, 0.15) is 0 Å². The van der Waals surface area contributed by atoms with Crippen molar-refractivity contribution in [1.82, 2.24) is 0 Å². The lowest BCUT2D eigenvalue weighted by Crippen LogP contribution is -2.15. The van der Waals surface area contributed by atoms with Crippen LogP contribution in [0, 0.1) is 0 Å². The van der Waals surface area contributed by atoms with Gasteiger partial charge in [-0.3, -0.25) is 4.79 Å². The Morgan fingerprint density at radius 2 is 2.24 bits per heavy atom. The molecule has 1 aromatic rings. The molecule has 0 heterocycles. The quantitative estimate of drug-likeness (QED) is 0.818. The van der Waals surface area contributed by atoms with E-state index in [9.17, 15) is 4.79 Å². The molecule has 0 bridgehead atoms. The van der Waals surface area contributed by atoms with Crippen LogP contribution in [0.5, 0.6) is 0 Å². The fourth-order valence-electron chi connectivity index (χ4n) is 1.56. The Morgan fingerprint density at radius 3 is 2.82 bits per heavy atom. The normalized spacial score (nSPS) is 12.4. The molecule has 0 aliphatic carbocycles. The molecular weight excluding hydrogens is 242 g/mol. The van der Waals surface area contributed by atoms with Gasteiger partial charge in [0.05, 0.1) is 13.0 Å². The van der Waals surface area contributed by atoms with Crippen LogP contribution in [0.15, 0.2) is 18.2 Å². The average Bonchev–Trinajstić information content (AvgIpc) is 2.24. The number of carboxylic acids is 1. The van der Waals surface area contributed by atoms with Crippen molar-refractivity contribution in [2.45, 2.75) is 18.9 Å². The van der Waals surface area contributed by atoms with Crippen molar-refractivity contribution < 1.29 is 14.6 Å². The molecular formula is C12H16ClNO3. The Kier molecular flexibility index (Phi) is 5.41. The van der Waals surface area contributed by atoms with Gasteiger partial charge in [0.2, 0.25) is 0 Å². The highest BCUT2D eigenvalue weighted by molar-refractivity contribution is 6.30. The Balaban J connectivity index is 2.84. The second-order valence-corrected chi connectivity index (χ2v) is 4.28. The SMILES string of the molecule is COCCc1cc(Cl)cc([C@@H](N)CC(=O)O)c1. The summed E-state index contributed by atoms with van der Waals surface area (Å²) in [4.78, 5) is 10.6. The number of ether oxygens (including phenoxy) is 1. The molecule has 0 saturated heterocycles. The van der Waals surface area contributed by atoms with Gasteiger partial charge in [-0.05, 0) is 29.7 Å². The van der Waals surface area contributed by atoms with Crippen LogP contribution < -0.4 is 5.73 Å². The lowest BCUT2D eigenvalue weighted by atomic mass is 10.0. The minimum Gasteiger partial charge on any atom is -0.481 e. The Hall–Kier alpha value is -1.10. The zero-order chi connectivity index (χ0) is 12.8. The van der Waals surface area contributed by atoms with Gasteiger partial charge in [-0.1, -0.05) is 17.7 Å². The van der Waals surface area contributed by atoms with Crippen LogP contribution in [0.4, 0.5) is 0 Å². The van der Waals surface area contributed by atoms with Crippen molar-refractivity contribution in [3.05, 3.63) is 34.3 Å². The fourth-order valence-corrected chi connectivity index (χ4v) is 1.83. The number of benzene rings is 1. The first-order valence-corrected chi connectivity index (χ1v) is 5.66. The number of rotatable bonds is 6. The van der Waals surface area contributed by atoms with Crippen molar-refractivity contribution >= 4 is 17.6 Å². The van der Waals surface area contributed by atoms with Crippen LogP contribution in [-0.2, 0) is 16.0 Å². The zero-order valence-corrected chi connectivity index (χ0v) is 10.4. The molecule has 0 aliphatic rings. The maximum absolute atomic E-state index is 10.6. The second kappa shape index (κ2) is 6.59. The van der Waals surface area contributed by atoms with Crippen molar-refractivity contribution in [1.29, 1.82) is 0 Å². The predicted molar refractivity (Wildman–Crippen MR) is 66.2 cm³/mol. The maximum Gasteiger partial charge on any atom is 0.305 e. The number of methoxy groups -OCH3 is 1. The third-order valence-electron chi connectivity index (χ3n) is 2.40. The highest BCUT2D eigenvalue weighted by Crippen LogP contribution is 2.21. The average molecular weight is 258 g/mol. The molecule has 0 aliphatic heterocycles. The first-order chi connectivity index (χ1) is 8.02. The molecule has 1 rings (SSSR count). The summed E-state index contributed by atoms with van der Waals surface area (Å²) in [5, 5.41) is 9.26. The van der Waals surface area contributed by atoms with E-state index < -0.39 is 12.0 Å². The highest BCUT2D eigenvalue weighted by Gasteiger charge is 2.12. The van der Waals surface area contributed by atoms with Crippen LogP contribution in [0.1, 0.15) is 23.6 Å². The topological polar surface area (TPSA) is 72.5 Å². The smallest absolute Gasteiger partial charge is 0.305 e. The number of hydrogen-bond donors (Lipinski definition) is 2. The van der Waals surface area contributed by atoms with Crippen LogP contribution in [-0.4, -0.2) is 24.8 Å². The molecule has 4 nitrogen and oxygen atoms in total. The summed E-state index contributed by atoms with van der Waals surface area (Å²) in [6.07, 6.45) is 0.619. The standard InChI is InChI=1S/C12H16ClNO3/c1-17-3-2-8-4-9(6-10(13)5-8)11(14)7-12(15)16/h4-6,11H,2-3,7,14H2,1H3,(H,15,16)/t11-/m0/s1. The van der Waals surface area contributed by atoms with Crippen molar-refractivity contribution in [3.63, 3.8) is 0 Å². The van der Waals surface area contributed by atoms with Crippen LogP contribution in [0.2, 0.25) is 5.02 Å². The third-order valence-corrected chi connectivity index (χ3v) is 2.62. The molecule has 5 heteroatoms. The minimum absolute atomic E-state index is 0.107. The fraction of sp³-hybridized carbons (Fsp3) is 0.417. The zero-order valence-electron chi connectivity index (χ0n) is 9.65. The summed E-state index contributed by atoms with van der Waals surface area (Å²) >= 11 is 5.97. The molecule has 0 unspecified atom stereocenters. The molecule has 0 fully saturated rings. The summed E-state index contributed by atoms with van der Waals surface area (Å²) in [7, 11) is 1.63. The molecule has 0 saturated carbocycles. The lowest BCUT2D eigenvalue weighted by molar-refractivity contribution is -0.137. The van der Waals surface area contributed by atoms with Crippen molar-refractivity contribution in [2.24, 2.45) is 5.73 Å². The van der Waals surface area contributed by atoms with Gasteiger partial charge < -0.3 is 15.6 Å². The van der Waals surface area contributed by atoms with Gasteiger partial charge in [-0.15, -0.1) is 0 Å². The summed E-state index contributed by atoms with van der Waals surface area (Å²) < 4.78 is 4.98. The second-order valence-electron chi connectivity index (χ2n) is 3.84. The number of halogens is 1. The van der Waals surface area contributed by atoms with E-state index in [-0.39, 0.29) is 6.42 Å². The molecule has 1 atom stereocenters. The summed E-state index contributed by atoms with van der Waals surface area (Å²) in [6, 6.07) is 4.87. The molecule has 94 valence electrons. The van der Waals surface area contributed by atoms with E-state index in [4.69, 9.17) is 27.2 Å². The summed E-state index contributed by atoms with van der Waals surface area (Å²) in [6.45, 7) is 0.591. The lowest BCUT2D eigenvalue weighted by Gasteiger charge is -2.12. The third kappa shape index (κ3) is 4.73. The maximum atomic E-state index is 10.6. The van der Waals surface area contributed by atoms with Crippen molar-refractivity contribution in [2.75, 3.05) is 13.7 Å². The van der Waals surface area contributed by atoms with Gasteiger partial charge in [-0.25, -0.2) is 0 Å². The van der Waals surface area contributed by atoms with E-state index in [1.54, 1.807) is 13.2 Å². The first kappa shape index (κ1) is 14.0. The highest BCUT2D eigenvalue weighted by atomic mass is 35.5. The molecule has 17 heavy (non-hydrogen) atoms. The molecule has 0 amide bonds. The van der Waals surface area contributed by atoms with E-state index in [0.717, 1.165) is 17.5 Å². The minimum atomic E-state index is -0.920. The Labute approximate surface area is 105 Å². The summed E-state index contributed by atoms with van der Waals surface area (Å²) in [5.74, 6) is -0.920. The van der Waals surface area contributed by atoms with E-state index in [1.165, 1.54) is 0 Å². The van der Waals surface area contributed by atoms with Crippen LogP contribution in [0.3, 0.4) is 0 Å². The first-order valence-electron chi connectivity index (χ1n) is 5.28. The number of carboxylic acid groups (broad SMARTS) is 1. The van der Waals surface area contributed by atoms with Crippen LogP contribution in [0.25, 0.3) is 0 Å². The molecule has 0 radical (unpaired) electrons. The summed E-state index contributed by atoms with van der Waals surface area (Å²) in [5.41, 5.74) is 7.53. The Bertz CT molecular complexity index is 395. The van der Waals surface area contributed by atoms with Crippen LogP contribution >= 0.6 is 11.6 Å². The van der Waals surface area contributed by atoms with Gasteiger partial charge in [-0.2, -0.15) is 0 Å². The van der Waals surface area contributed by atoms with E-state index in [2.05, 4.69) is 0 Å². The predicted octanol–water partition coefficient (Wildman–Crippen LogP) is 2.00. The molecule has 1 aromatic carbocycles. The van der Waals surface area contributed by atoms with E-state index in [0.29, 0.717) is 11.6 Å². The van der Waals surface area contributed by atoms with Gasteiger partial charge in [0.15, 0.2) is 0 Å². The van der Waals surface area contributed by atoms with E-state index in [1.807, 2.05) is 12.1 Å². The number of hydrogen-bond acceptors (Lipinski definition) is 3. The number of aliphatic carboxylic acids is 1. The monoisotopic (exact) mass is 257 g/mol. The Morgan fingerprint density at radius 1 is 1.53 bits per heavy atom. The van der Waals surface area contributed by atoms with Crippen molar-refractivity contribution in [3.8, 4) is 0 Å². The number of nitrogens with two attached hydrogens (primary N) is 1. The largest absolute Gasteiger partial charge is 0.481 e.